The van der Waals surface area contributed by atoms with Gasteiger partial charge < -0.3 is 14.7 Å². The molecular formula is C16H25NO2. The summed E-state index contributed by atoms with van der Waals surface area (Å²) in [7, 11) is 1.66. The van der Waals surface area contributed by atoms with Gasteiger partial charge in [0.05, 0.1) is 13.2 Å². The van der Waals surface area contributed by atoms with Crippen molar-refractivity contribution in [2.24, 2.45) is 5.92 Å². The van der Waals surface area contributed by atoms with Crippen molar-refractivity contribution in [1.82, 2.24) is 0 Å². The summed E-state index contributed by atoms with van der Waals surface area (Å²) < 4.78 is 5.39. The van der Waals surface area contributed by atoms with Crippen molar-refractivity contribution in [3.63, 3.8) is 0 Å². The van der Waals surface area contributed by atoms with Crippen LogP contribution in [-0.4, -0.2) is 25.3 Å². The average molecular weight is 263 g/mol. The van der Waals surface area contributed by atoms with Gasteiger partial charge in [-0.05, 0) is 37.8 Å². The topological polar surface area (TPSA) is 32.7 Å². The van der Waals surface area contributed by atoms with Crippen LogP contribution in [-0.2, 0) is 0 Å². The van der Waals surface area contributed by atoms with Crippen LogP contribution in [0.2, 0.25) is 0 Å². The molecule has 3 heteroatoms. The Hall–Kier alpha value is -1.22. The van der Waals surface area contributed by atoms with Gasteiger partial charge in [-0.1, -0.05) is 19.4 Å². The number of aliphatic hydroxyl groups excluding tert-OH is 1. The van der Waals surface area contributed by atoms with E-state index < -0.39 is 6.10 Å². The van der Waals surface area contributed by atoms with Crippen LogP contribution >= 0.6 is 0 Å². The fraction of sp³-hybridized carbons (Fsp3) is 0.625. The van der Waals surface area contributed by atoms with Gasteiger partial charge in [0.15, 0.2) is 0 Å². The molecule has 19 heavy (non-hydrogen) atoms. The Morgan fingerprint density at radius 2 is 2.05 bits per heavy atom. The first-order chi connectivity index (χ1) is 9.17. The fourth-order valence-electron chi connectivity index (χ4n) is 2.99. The summed E-state index contributed by atoms with van der Waals surface area (Å²) in [6.07, 6.45) is 3.25. The third-order valence-corrected chi connectivity index (χ3v) is 4.21. The molecule has 0 aromatic heterocycles. The first-order valence-electron chi connectivity index (χ1n) is 7.27. The number of hydrogen-bond donors (Lipinski definition) is 1. The summed E-state index contributed by atoms with van der Waals surface area (Å²) in [5.74, 6) is 1.64. The smallest absolute Gasteiger partial charge is 0.126 e. The zero-order valence-electron chi connectivity index (χ0n) is 12.2. The van der Waals surface area contributed by atoms with Crippen LogP contribution in [0.25, 0.3) is 0 Å². The quantitative estimate of drug-likeness (QED) is 0.904. The molecule has 0 amide bonds. The van der Waals surface area contributed by atoms with Crippen LogP contribution < -0.4 is 9.64 Å². The number of rotatable bonds is 4. The second-order valence-corrected chi connectivity index (χ2v) is 5.41. The van der Waals surface area contributed by atoms with E-state index in [1.54, 1.807) is 14.0 Å². The Balaban J connectivity index is 2.25. The molecule has 1 fully saturated rings. The van der Waals surface area contributed by atoms with Gasteiger partial charge in [0, 0.05) is 24.3 Å². The van der Waals surface area contributed by atoms with Crippen molar-refractivity contribution in [3.05, 3.63) is 23.8 Å². The van der Waals surface area contributed by atoms with Gasteiger partial charge in [0.2, 0.25) is 0 Å². The van der Waals surface area contributed by atoms with Crippen LogP contribution in [0.3, 0.4) is 0 Å². The SMILES string of the molecule is CCC1CCN(c2cccc(OC)c2C(C)O)CC1. The maximum absolute atomic E-state index is 10.0. The Labute approximate surface area is 116 Å². The van der Waals surface area contributed by atoms with Crippen LogP contribution in [0.1, 0.15) is 44.8 Å². The van der Waals surface area contributed by atoms with Crippen LogP contribution in [0, 0.1) is 5.92 Å². The third-order valence-electron chi connectivity index (χ3n) is 4.21. The number of hydrogen-bond acceptors (Lipinski definition) is 3. The van der Waals surface area contributed by atoms with Gasteiger partial charge >= 0.3 is 0 Å². The molecule has 3 nitrogen and oxygen atoms in total. The second kappa shape index (κ2) is 6.29. The van der Waals surface area contributed by atoms with Crippen molar-refractivity contribution >= 4 is 5.69 Å². The van der Waals surface area contributed by atoms with E-state index >= 15 is 0 Å². The molecule has 2 rings (SSSR count). The first-order valence-corrected chi connectivity index (χ1v) is 7.27. The molecule has 0 bridgehead atoms. The van der Waals surface area contributed by atoms with E-state index in [0.29, 0.717) is 0 Å². The van der Waals surface area contributed by atoms with Crippen LogP contribution in [0.15, 0.2) is 18.2 Å². The highest BCUT2D eigenvalue weighted by Crippen LogP contribution is 2.36. The molecule has 1 aromatic carbocycles. The summed E-state index contributed by atoms with van der Waals surface area (Å²) in [6.45, 7) is 6.23. The Kier molecular flexibility index (Phi) is 4.70. The van der Waals surface area contributed by atoms with Crippen molar-refractivity contribution in [3.8, 4) is 5.75 Å². The molecule has 1 heterocycles. The van der Waals surface area contributed by atoms with Gasteiger partial charge in [-0.2, -0.15) is 0 Å². The number of nitrogens with zero attached hydrogens (tertiary/aromatic N) is 1. The molecule has 1 atom stereocenters. The Morgan fingerprint density at radius 1 is 1.37 bits per heavy atom. The summed E-state index contributed by atoms with van der Waals surface area (Å²) in [6, 6.07) is 6.02. The van der Waals surface area contributed by atoms with E-state index in [9.17, 15) is 5.11 Å². The molecule has 1 N–H and O–H groups in total. The lowest BCUT2D eigenvalue weighted by atomic mass is 9.93. The van der Waals surface area contributed by atoms with Crippen molar-refractivity contribution in [1.29, 1.82) is 0 Å². The van der Waals surface area contributed by atoms with E-state index in [1.165, 1.54) is 19.3 Å². The average Bonchev–Trinajstić information content (AvgIpc) is 2.46. The highest BCUT2D eigenvalue weighted by atomic mass is 16.5. The molecule has 1 unspecified atom stereocenters. The summed E-state index contributed by atoms with van der Waals surface area (Å²) in [4.78, 5) is 2.39. The number of benzene rings is 1. The van der Waals surface area contributed by atoms with Crippen molar-refractivity contribution < 1.29 is 9.84 Å². The Bertz CT molecular complexity index is 409. The van der Waals surface area contributed by atoms with E-state index in [2.05, 4.69) is 17.9 Å². The minimum absolute atomic E-state index is 0.505. The predicted octanol–water partition coefficient (Wildman–Crippen LogP) is 3.37. The minimum atomic E-state index is -0.505. The summed E-state index contributed by atoms with van der Waals surface area (Å²) >= 11 is 0. The lowest BCUT2D eigenvalue weighted by molar-refractivity contribution is 0.194. The van der Waals surface area contributed by atoms with E-state index in [-0.39, 0.29) is 0 Å². The Morgan fingerprint density at radius 3 is 2.58 bits per heavy atom. The molecule has 0 radical (unpaired) electrons. The third kappa shape index (κ3) is 3.03. The molecule has 106 valence electrons. The number of methoxy groups -OCH3 is 1. The second-order valence-electron chi connectivity index (χ2n) is 5.41. The van der Waals surface area contributed by atoms with E-state index in [1.807, 2.05) is 12.1 Å². The van der Waals surface area contributed by atoms with Gasteiger partial charge in [-0.3, -0.25) is 0 Å². The monoisotopic (exact) mass is 263 g/mol. The zero-order chi connectivity index (χ0) is 13.8. The maximum Gasteiger partial charge on any atom is 0.126 e. The number of piperidine rings is 1. The number of ether oxygens (including phenoxy) is 1. The summed E-state index contributed by atoms with van der Waals surface area (Å²) in [5.41, 5.74) is 2.05. The van der Waals surface area contributed by atoms with E-state index in [0.717, 1.165) is 36.0 Å². The van der Waals surface area contributed by atoms with Crippen molar-refractivity contribution in [2.75, 3.05) is 25.1 Å². The van der Waals surface area contributed by atoms with Crippen LogP contribution in [0.5, 0.6) is 5.75 Å². The maximum atomic E-state index is 10.0. The summed E-state index contributed by atoms with van der Waals surface area (Å²) in [5, 5.41) is 10.0. The number of anilines is 1. The molecule has 1 aliphatic rings. The largest absolute Gasteiger partial charge is 0.496 e. The minimum Gasteiger partial charge on any atom is -0.496 e. The van der Waals surface area contributed by atoms with Gasteiger partial charge in [0.25, 0.3) is 0 Å². The zero-order valence-corrected chi connectivity index (χ0v) is 12.2. The number of aliphatic hydroxyl groups is 1. The highest BCUT2D eigenvalue weighted by molar-refractivity contribution is 5.60. The molecule has 1 saturated heterocycles. The molecule has 0 saturated carbocycles. The van der Waals surface area contributed by atoms with Crippen LogP contribution in [0.4, 0.5) is 5.69 Å². The first kappa shape index (κ1) is 14.2. The van der Waals surface area contributed by atoms with Gasteiger partial charge in [-0.25, -0.2) is 0 Å². The van der Waals surface area contributed by atoms with E-state index in [4.69, 9.17) is 4.74 Å². The molecule has 1 aliphatic heterocycles. The molecule has 0 aliphatic carbocycles. The fourth-order valence-corrected chi connectivity index (χ4v) is 2.99. The normalized spacial score (nSPS) is 18.4. The predicted molar refractivity (Wildman–Crippen MR) is 78.9 cm³/mol. The van der Waals surface area contributed by atoms with Crippen molar-refractivity contribution in [2.45, 2.75) is 39.2 Å². The van der Waals surface area contributed by atoms with Gasteiger partial charge in [0.1, 0.15) is 5.75 Å². The molecule has 1 aromatic rings. The lowest BCUT2D eigenvalue weighted by Crippen LogP contribution is -2.34. The molecular weight excluding hydrogens is 238 g/mol. The lowest BCUT2D eigenvalue weighted by Gasteiger charge is -2.35. The standard InChI is InChI=1S/C16H25NO2/c1-4-13-8-10-17(11-9-13)14-6-5-7-15(19-3)16(14)12(2)18/h5-7,12-13,18H,4,8-11H2,1-3H3. The molecule has 0 spiro atoms. The highest BCUT2D eigenvalue weighted by Gasteiger charge is 2.23. The van der Waals surface area contributed by atoms with Gasteiger partial charge in [-0.15, -0.1) is 0 Å².